The third-order valence-corrected chi connectivity index (χ3v) is 4.51. The number of nitrogens with zero attached hydrogens (tertiary/aromatic N) is 1. The van der Waals surface area contributed by atoms with E-state index in [1.54, 1.807) is 31.4 Å². The van der Waals surface area contributed by atoms with Crippen LogP contribution >= 0.6 is 0 Å². The summed E-state index contributed by atoms with van der Waals surface area (Å²) in [6.07, 6.45) is 1.52. The van der Waals surface area contributed by atoms with Gasteiger partial charge in [0.25, 0.3) is 5.91 Å². The first-order valence-corrected chi connectivity index (χ1v) is 8.04. The lowest BCUT2D eigenvalue weighted by molar-refractivity contribution is -0.122. The number of benzene rings is 1. The van der Waals surface area contributed by atoms with E-state index in [9.17, 15) is 13.2 Å². The van der Waals surface area contributed by atoms with Crippen molar-refractivity contribution in [2.75, 3.05) is 31.5 Å². The summed E-state index contributed by atoms with van der Waals surface area (Å²) in [6.45, 7) is -0.115. The monoisotopic (exact) mass is 311 g/mol. The number of methoxy groups -OCH3 is 2. The van der Waals surface area contributed by atoms with Crippen LogP contribution in [-0.4, -0.2) is 46.9 Å². The number of amides is 1. The van der Waals surface area contributed by atoms with Gasteiger partial charge in [0, 0.05) is 18.2 Å². The van der Waals surface area contributed by atoms with Gasteiger partial charge >= 0.3 is 0 Å². The van der Waals surface area contributed by atoms with Gasteiger partial charge in [-0.05, 0) is 30.3 Å². The molecule has 6 nitrogen and oxygen atoms in total. The van der Waals surface area contributed by atoms with Crippen molar-refractivity contribution in [1.29, 1.82) is 0 Å². The van der Waals surface area contributed by atoms with E-state index in [1.165, 1.54) is 18.1 Å². The average molecular weight is 311 g/mol. The minimum absolute atomic E-state index is 0.115. The molecule has 1 aromatic carbocycles. The van der Waals surface area contributed by atoms with Gasteiger partial charge in [-0.25, -0.2) is 8.42 Å². The summed E-state index contributed by atoms with van der Waals surface area (Å²) >= 11 is 0. The van der Waals surface area contributed by atoms with Crippen molar-refractivity contribution < 1.29 is 22.7 Å². The fraction of sp³-hybridized carbons (Fsp3) is 0.357. The quantitative estimate of drug-likeness (QED) is 0.810. The molecule has 0 fully saturated rings. The Balaban J connectivity index is 2.32. The molecule has 0 saturated heterocycles. The van der Waals surface area contributed by atoms with Gasteiger partial charge in [-0.3, -0.25) is 4.79 Å². The summed E-state index contributed by atoms with van der Waals surface area (Å²) in [5.74, 6) is 0.246. The second kappa shape index (κ2) is 6.28. The SMILES string of the molecule is COCC(=O)N(c1ccc(OC)cc1)C1C=CS(=O)(=O)C1. The smallest absolute Gasteiger partial charge is 0.253 e. The maximum absolute atomic E-state index is 12.2. The van der Waals surface area contributed by atoms with Gasteiger partial charge in [0.2, 0.25) is 0 Å². The molecular formula is C14H17NO5S. The molecule has 21 heavy (non-hydrogen) atoms. The van der Waals surface area contributed by atoms with Crippen LogP contribution in [-0.2, 0) is 19.4 Å². The van der Waals surface area contributed by atoms with Crippen LogP contribution in [0.4, 0.5) is 5.69 Å². The van der Waals surface area contributed by atoms with Crippen LogP contribution in [0.2, 0.25) is 0 Å². The van der Waals surface area contributed by atoms with Gasteiger partial charge in [0.05, 0.1) is 18.9 Å². The van der Waals surface area contributed by atoms with Crippen molar-refractivity contribution in [3.05, 3.63) is 35.7 Å². The van der Waals surface area contributed by atoms with Crippen LogP contribution in [0.25, 0.3) is 0 Å². The third-order valence-electron chi connectivity index (χ3n) is 3.13. The number of rotatable bonds is 5. The normalized spacial score (nSPS) is 19.4. The van der Waals surface area contributed by atoms with Gasteiger partial charge < -0.3 is 14.4 Å². The van der Waals surface area contributed by atoms with Crippen molar-refractivity contribution in [2.24, 2.45) is 0 Å². The van der Waals surface area contributed by atoms with E-state index in [1.807, 2.05) is 0 Å². The Morgan fingerprint density at radius 2 is 1.95 bits per heavy atom. The first-order chi connectivity index (χ1) is 9.96. The highest BCUT2D eigenvalue weighted by molar-refractivity contribution is 7.94. The van der Waals surface area contributed by atoms with Crippen LogP contribution in [0.15, 0.2) is 35.7 Å². The molecule has 1 aliphatic rings. The highest BCUT2D eigenvalue weighted by atomic mass is 32.2. The standard InChI is InChI=1S/C14H17NO5S/c1-19-9-14(16)15(12-7-8-21(17,18)10-12)11-3-5-13(20-2)6-4-11/h3-8,12H,9-10H2,1-2H3. The van der Waals surface area contributed by atoms with Crippen molar-refractivity contribution in [3.63, 3.8) is 0 Å². The number of hydrogen-bond donors (Lipinski definition) is 0. The third kappa shape index (κ3) is 3.62. The number of anilines is 1. The second-order valence-corrected chi connectivity index (χ2v) is 6.55. The van der Waals surface area contributed by atoms with Gasteiger partial charge in [0.15, 0.2) is 9.84 Å². The van der Waals surface area contributed by atoms with E-state index < -0.39 is 15.9 Å². The van der Waals surface area contributed by atoms with E-state index in [4.69, 9.17) is 9.47 Å². The van der Waals surface area contributed by atoms with Crippen molar-refractivity contribution in [2.45, 2.75) is 6.04 Å². The summed E-state index contributed by atoms with van der Waals surface area (Å²) in [5.41, 5.74) is 0.601. The molecule has 2 rings (SSSR count). The predicted octanol–water partition coefficient (Wildman–Crippen LogP) is 0.985. The van der Waals surface area contributed by atoms with Gasteiger partial charge in [-0.1, -0.05) is 0 Å². The average Bonchev–Trinajstić information content (AvgIpc) is 2.80. The van der Waals surface area contributed by atoms with E-state index in [-0.39, 0.29) is 18.3 Å². The van der Waals surface area contributed by atoms with Crippen molar-refractivity contribution in [1.82, 2.24) is 0 Å². The van der Waals surface area contributed by atoms with Crippen molar-refractivity contribution >= 4 is 21.4 Å². The number of carbonyl (C=O) groups excluding carboxylic acids is 1. The van der Waals surface area contributed by atoms with Crippen LogP contribution in [0.1, 0.15) is 0 Å². The molecule has 0 saturated carbocycles. The van der Waals surface area contributed by atoms with E-state index in [0.717, 1.165) is 5.41 Å². The maximum Gasteiger partial charge on any atom is 0.253 e. The summed E-state index contributed by atoms with van der Waals surface area (Å²) in [5, 5.41) is 1.15. The molecule has 1 heterocycles. The first-order valence-electron chi connectivity index (χ1n) is 6.33. The molecule has 0 radical (unpaired) electrons. The van der Waals surface area contributed by atoms with Gasteiger partial charge in [0.1, 0.15) is 12.4 Å². The van der Waals surface area contributed by atoms with Gasteiger partial charge in [-0.15, -0.1) is 0 Å². The minimum Gasteiger partial charge on any atom is -0.497 e. The summed E-state index contributed by atoms with van der Waals surface area (Å²) in [4.78, 5) is 13.7. The predicted molar refractivity (Wildman–Crippen MR) is 79.1 cm³/mol. The van der Waals surface area contributed by atoms with Crippen LogP contribution in [0.3, 0.4) is 0 Å². The van der Waals surface area contributed by atoms with E-state index >= 15 is 0 Å². The molecule has 0 aliphatic carbocycles. The lowest BCUT2D eigenvalue weighted by atomic mass is 10.2. The Hall–Kier alpha value is -1.86. The Kier molecular flexibility index (Phi) is 4.64. The Morgan fingerprint density at radius 1 is 1.29 bits per heavy atom. The molecule has 1 unspecified atom stereocenters. The Bertz CT molecular complexity index is 636. The summed E-state index contributed by atoms with van der Waals surface area (Å²) in [6, 6.07) is 6.34. The van der Waals surface area contributed by atoms with Crippen LogP contribution < -0.4 is 9.64 Å². The van der Waals surface area contributed by atoms with Crippen LogP contribution in [0.5, 0.6) is 5.75 Å². The highest BCUT2D eigenvalue weighted by Gasteiger charge is 2.31. The topological polar surface area (TPSA) is 72.9 Å². The van der Waals surface area contributed by atoms with E-state index in [2.05, 4.69) is 0 Å². The van der Waals surface area contributed by atoms with Crippen LogP contribution in [0, 0.1) is 0 Å². The molecule has 1 aliphatic heterocycles. The molecule has 1 aromatic rings. The Morgan fingerprint density at radius 3 is 2.43 bits per heavy atom. The zero-order valence-electron chi connectivity index (χ0n) is 11.9. The molecule has 1 amide bonds. The van der Waals surface area contributed by atoms with Gasteiger partial charge in [-0.2, -0.15) is 0 Å². The molecule has 0 spiro atoms. The van der Waals surface area contributed by atoms with E-state index in [0.29, 0.717) is 11.4 Å². The molecule has 1 atom stereocenters. The molecule has 7 heteroatoms. The summed E-state index contributed by atoms with van der Waals surface area (Å²) < 4.78 is 33.1. The lowest BCUT2D eigenvalue weighted by Gasteiger charge is -2.27. The fourth-order valence-electron chi connectivity index (χ4n) is 2.18. The fourth-order valence-corrected chi connectivity index (χ4v) is 3.44. The zero-order chi connectivity index (χ0) is 15.5. The summed E-state index contributed by atoms with van der Waals surface area (Å²) in [7, 11) is -0.277. The zero-order valence-corrected chi connectivity index (χ0v) is 12.7. The molecular weight excluding hydrogens is 294 g/mol. The largest absolute Gasteiger partial charge is 0.497 e. The van der Waals surface area contributed by atoms with Crippen molar-refractivity contribution in [3.8, 4) is 5.75 Å². The highest BCUT2D eigenvalue weighted by Crippen LogP contribution is 2.25. The number of ether oxygens (including phenoxy) is 2. The molecule has 0 N–H and O–H groups in total. The molecule has 0 bridgehead atoms. The minimum atomic E-state index is -3.25. The first kappa shape index (κ1) is 15.5. The Labute approximate surface area is 123 Å². The number of sulfone groups is 1. The molecule has 0 aromatic heterocycles. The second-order valence-electron chi connectivity index (χ2n) is 4.62. The molecule has 114 valence electrons. The maximum atomic E-state index is 12.2. The number of hydrogen-bond acceptors (Lipinski definition) is 5. The lowest BCUT2D eigenvalue weighted by Crippen LogP contribution is -2.43. The number of carbonyl (C=O) groups is 1.